The molecule has 0 aliphatic carbocycles. The highest BCUT2D eigenvalue weighted by molar-refractivity contribution is 7.14. The van der Waals surface area contributed by atoms with Gasteiger partial charge in [-0.25, -0.2) is 4.79 Å². The van der Waals surface area contributed by atoms with Crippen molar-refractivity contribution in [2.24, 2.45) is 0 Å². The van der Waals surface area contributed by atoms with Crippen molar-refractivity contribution in [2.45, 2.75) is 12.8 Å². The van der Waals surface area contributed by atoms with Gasteiger partial charge in [-0.1, -0.05) is 11.6 Å². The summed E-state index contributed by atoms with van der Waals surface area (Å²) in [6, 6.07) is 1.45. The van der Waals surface area contributed by atoms with E-state index >= 15 is 0 Å². The van der Waals surface area contributed by atoms with E-state index in [0.717, 1.165) is 16.2 Å². The summed E-state index contributed by atoms with van der Waals surface area (Å²) in [6.45, 7) is 0.0939. The minimum atomic E-state index is -0.956. The molecule has 1 aromatic heterocycles. The van der Waals surface area contributed by atoms with Crippen LogP contribution in [-0.4, -0.2) is 22.8 Å². The van der Waals surface area contributed by atoms with Gasteiger partial charge in [0.2, 0.25) is 0 Å². The zero-order chi connectivity index (χ0) is 9.84. The van der Waals surface area contributed by atoms with E-state index in [9.17, 15) is 4.79 Å². The summed E-state index contributed by atoms with van der Waals surface area (Å²) >= 11 is 6.96. The van der Waals surface area contributed by atoms with Gasteiger partial charge >= 0.3 is 5.97 Å². The van der Waals surface area contributed by atoms with Crippen LogP contribution in [0.25, 0.3) is 0 Å². The largest absolute Gasteiger partial charge is 0.477 e. The summed E-state index contributed by atoms with van der Waals surface area (Å²) in [5.41, 5.74) is 0. The molecule has 1 heterocycles. The van der Waals surface area contributed by atoms with Crippen molar-refractivity contribution >= 4 is 28.9 Å². The molecule has 0 amide bonds. The predicted molar refractivity (Wildman–Crippen MR) is 51.7 cm³/mol. The third-order valence-corrected chi connectivity index (χ3v) is 3.16. The number of aromatic carboxylic acids is 1. The van der Waals surface area contributed by atoms with Gasteiger partial charge < -0.3 is 10.2 Å². The topological polar surface area (TPSA) is 57.5 Å². The molecule has 0 radical (unpaired) electrons. The van der Waals surface area contributed by atoms with E-state index in [1.165, 1.54) is 6.07 Å². The van der Waals surface area contributed by atoms with Gasteiger partial charge in [-0.3, -0.25) is 0 Å². The number of hydrogen-bond donors (Lipinski definition) is 2. The fourth-order valence-corrected chi connectivity index (χ4v) is 2.24. The first-order chi connectivity index (χ1) is 6.15. The van der Waals surface area contributed by atoms with Gasteiger partial charge in [0, 0.05) is 11.5 Å². The Balaban J connectivity index is 2.77. The number of halogens is 1. The van der Waals surface area contributed by atoms with Gasteiger partial charge in [0.15, 0.2) is 0 Å². The van der Waals surface area contributed by atoms with Crippen LogP contribution in [0.3, 0.4) is 0 Å². The summed E-state index contributed by atoms with van der Waals surface area (Å²) in [5.74, 6) is -0.956. The van der Waals surface area contributed by atoms with Gasteiger partial charge in [-0.15, -0.1) is 11.3 Å². The Kier molecular flexibility index (Phi) is 3.71. The van der Waals surface area contributed by atoms with E-state index in [-0.39, 0.29) is 11.5 Å². The molecule has 13 heavy (non-hydrogen) atoms. The molecule has 5 heteroatoms. The SMILES string of the molecule is O=C(O)c1cc(Cl)c(CCCO)s1. The van der Waals surface area contributed by atoms with Crippen molar-refractivity contribution in [2.75, 3.05) is 6.61 Å². The maximum atomic E-state index is 10.5. The number of carbonyl (C=O) groups is 1. The van der Waals surface area contributed by atoms with Gasteiger partial charge in [-0.05, 0) is 18.9 Å². The van der Waals surface area contributed by atoms with Crippen molar-refractivity contribution in [1.29, 1.82) is 0 Å². The third kappa shape index (κ3) is 2.69. The second-order valence-corrected chi connectivity index (χ2v) is 4.06. The standard InChI is InChI=1S/C8H9ClO3S/c9-5-4-7(8(11)12)13-6(5)2-1-3-10/h4,10H,1-3H2,(H,11,12). The lowest BCUT2D eigenvalue weighted by Gasteiger charge is -1.93. The second kappa shape index (κ2) is 4.60. The highest BCUT2D eigenvalue weighted by atomic mass is 35.5. The number of carboxylic acid groups (broad SMARTS) is 1. The Morgan fingerprint density at radius 2 is 2.31 bits per heavy atom. The maximum Gasteiger partial charge on any atom is 0.345 e. The van der Waals surface area contributed by atoms with Crippen molar-refractivity contribution < 1.29 is 15.0 Å². The lowest BCUT2D eigenvalue weighted by molar-refractivity contribution is 0.0702. The predicted octanol–water partition coefficient (Wildman–Crippen LogP) is 2.02. The van der Waals surface area contributed by atoms with Crippen LogP contribution in [0.4, 0.5) is 0 Å². The third-order valence-electron chi connectivity index (χ3n) is 1.53. The fourth-order valence-electron chi connectivity index (χ4n) is 0.922. The van der Waals surface area contributed by atoms with E-state index in [2.05, 4.69) is 0 Å². The molecule has 0 spiro atoms. The molecule has 0 atom stereocenters. The van der Waals surface area contributed by atoms with E-state index in [4.69, 9.17) is 21.8 Å². The number of thiophene rings is 1. The Hall–Kier alpha value is -0.580. The van der Waals surface area contributed by atoms with Crippen molar-refractivity contribution in [3.63, 3.8) is 0 Å². The average molecular weight is 221 g/mol. The van der Waals surface area contributed by atoms with Crippen LogP contribution < -0.4 is 0 Å². The molecule has 1 rings (SSSR count). The van der Waals surface area contributed by atoms with Crippen LogP contribution >= 0.6 is 22.9 Å². The van der Waals surface area contributed by atoms with E-state index < -0.39 is 5.97 Å². The van der Waals surface area contributed by atoms with Crippen LogP contribution in [0.2, 0.25) is 5.02 Å². The number of aliphatic hydroxyl groups is 1. The molecular formula is C8H9ClO3S. The van der Waals surface area contributed by atoms with Crippen LogP contribution in [0.5, 0.6) is 0 Å². The number of carboxylic acids is 1. The van der Waals surface area contributed by atoms with E-state index in [1.54, 1.807) is 0 Å². The molecule has 0 aromatic carbocycles. The molecule has 0 saturated heterocycles. The Morgan fingerprint density at radius 3 is 2.77 bits per heavy atom. The minimum Gasteiger partial charge on any atom is -0.477 e. The van der Waals surface area contributed by atoms with Crippen molar-refractivity contribution in [3.8, 4) is 0 Å². The maximum absolute atomic E-state index is 10.5. The summed E-state index contributed by atoms with van der Waals surface area (Å²) in [5, 5.41) is 17.7. The van der Waals surface area contributed by atoms with E-state index in [0.29, 0.717) is 17.9 Å². The Bertz CT molecular complexity index is 308. The molecule has 0 unspecified atom stereocenters. The molecule has 0 aliphatic rings. The highest BCUT2D eigenvalue weighted by Crippen LogP contribution is 2.27. The number of aryl methyl sites for hydroxylation is 1. The highest BCUT2D eigenvalue weighted by Gasteiger charge is 2.11. The summed E-state index contributed by atoms with van der Waals surface area (Å²) in [4.78, 5) is 11.6. The number of hydrogen-bond acceptors (Lipinski definition) is 3. The quantitative estimate of drug-likeness (QED) is 0.816. The second-order valence-electron chi connectivity index (χ2n) is 2.51. The van der Waals surface area contributed by atoms with Gasteiger partial charge in [0.25, 0.3) is 0 Å². The van der Waals surface area contributed by atoms with Crippen molar-refractivity contribution in [3.05, 3.63) is 20.8 Å². The van der Waals surface area contributed by atoms with Crippen LogP contribution in [0.15, 0.2) is 6.07 Å². The lowest BCUT2D eigenvalue weighted by Crippen LogP contribution is -1.89. The zero-order valence-corrected chi connectivity index (χ0v) is 8.36. The molecule has 1 aromatic rings. The molecule has 0 saturated carbocycles. The number of rotatable bonds is 4. The van der Waals surface area contributed by atoms with Gasteiger partial charge in [-0.2, -0.15) is 0 Å². The molecule has 0 aliphatic heterocycles. The van der Waals surface area contributed by atoms with Crippen LogP contribution in [-0.2, 0) is 6.42 Å². The molecule has 2 N–H and O–H groups in total. The average Bonchev–Trinajstić information content (AvgIpc) is 2.44. The van der Waals surface area contributed by atoms with Gasteiger partial charge in [0.1, 0.15) is 4.88 Å². The summed E-state index contributed by atoms with van der Waals surface area (Å²) in [6.07, 6.45) is 1.24. The summed E-state index contributed by atoms with van der Waals surface area (Å²) < 4.78 is 0. The molecular weight excluding hydrogens is 212 g/mol. The van der Waals surface area contributed by atoms with Crippen LogP contribution in [0.1, 0.15) is 21.0 Å². The molecule has 3 nitrogen and oxygen atoms in total. The first-order valence-electron chi connectivity index (χ1n) is 3.77. The smallest absolute Gasteiger partial charge is 0.345 e. The number of aliphatic hydroxyl groups excluding tert-OH is 1. The lowest BCUT2D eigenvalue weighted by atomic mass is 10.3. The first kappa shape index (κ1) is 10.5. The van der Waals surface area contributed by atoms with E-state index in [1.807, 2.05) is 0 Å². The Labute approximate surface area is 84.6 Å². The summed E-state index contributed by atoms with van der Waals surface area (Å²) in [7, 11) is 0. The molecule has 72 valence electrons. The first-order valence-corrected chi connectivity index (χ1v) is 4.97. The normalized spacial score (nSPS) is 10.3. The molecule has 0 fully saturated rings. The van der Waals surface area contributed by atoms with Crippen LogP contribution in [0, 0.1) is 0 Å². The minimum absolute atomic E-state index is 0.0939. The van der Waals surface area contributed by atoms with Crippen molar-refractivity contribution in [1.82, 2.24) is 0 Å². The Morgan fingerprint density at radius 1 is 1.62 bits per heavy atom. The zero-order valence-electron chi connectivity index (χ0n) is 6.79. The molecule has 0 bridgehead atoms. The monoisotopic (exact) mass is 220 g/mol. The van der Waals surface area contributed by atoms with Gasteiger partial charge in [0.05, 0.1) is 5.02 Å². The fraction of sp³-hybridized carbons (Fsp3) is 0.375.